The first-order chi connectivity index (χ1) is 15.5. The molecular weight excluding hydrogens is 429 g/mol. The van der Waals surface area contributed by atoms with Crippen LogP contribution in [0.3, 0.4) is 0 Å². The molecule has 162 valence electrons. The van der Waals surface area contributed by atoms with E-state index in [0.717, 1.165) is 22.9 Å². The lowest BCUT2D eigenvalue weighted by Crippen LogP contribution is -2.23. The van der Waals surface area contributed by atoms with Crippen molar-refractivity contribution in [3.63, 3.8) is 0 Å². The molecule has 0 aliphatic heterocycles. The van der Waals surface area contributed by atoms with Gasteiger partial charge in [0.15, 0.2) is 10.8 Å². The Kier molecular flexibility index (Phi) is 6.46. The van der Waals surface area contributed by atoms with Crippen LogP contribution in [0.4, 0.5) is 10.1 Å². The molecule has 9 heteroatoms. The van der Waals surface area contributed by atoms with Crippen molar-refractivity contribution in [2.24, 2.45) is 0 Å². The third-order valence-electron chi connectivity index (χ3n) is 4.66. The van der Waals surface area contributed by atoms with Crippen LogP contribution in [-0.2, 0) is 11.3 Å². The number of rotatable bonds is 7. The molecule has 0 spiro atoms. The first-order valence-electron chi connectivity index (χ1n) is 9.85. The van der Waals surface area contributed by atoms with Gasteiger partial charge in [0.1, 0.15) is 5.82 Å². The Bertz CT molecular complexity index is 1280. The molecule has 0 saturated carbocycles. The second-order valence-electron chi connectivity index (χ2n) is 7.12. The van der Waals surface area contributed by atoms with Crippen LogP contribution < -0.4 is 10.6 Å². The second kappa shape index (κ2) is 9.61. The Balaban J connectivity index is 1.41. The summed E-state index contributed by atoms with van der Waals surface area (Å²) in [5.74, 6) is -1.07. The first-order valence-corrected chi connectivity index (χ1v) is 10.8. The summed E-state index contributed by atoms with van der Waals surface area (Å²) in [6.07, 6.45) is 1.63. The molecule has 2 heterocycles. The van der Waals surface area contributed by atoms with Gasteiger partial charge in [-0.15, -0.1) is 10.2 Å². The van der Waals surface area contributed by atoms with Gasteiger partial charge in [0.25, 0.3) is 5.91 Å². The summed E-state index contributed by atoms with van der Waals surface area (Å²) in [6, 6.07) is 17.6. The van der Waals surface area contributed by atoms with Gasteiger partial charge in [-0.1, -0.05) is 48.2 Å². The van der Waals surface area contributed by atoms with E-state index in [4.69, 9.17) is 0 Å². The van der Waals surface area contributed by atoms with Crippen molar-refractivity contribution in [2.45, 2.75) is 18.6 Å². The van der Waals surface area contributed by atoms with Crippen molar-refractivity contribution in [2.75, 3.05) is 11.1 Å². The van der Waals surface area contributed by atoms with Crippen molar-refractivity contribution < 1.29 is 14.0 Å². The van der Waals surface area contributed by atoms with E-state index < -0.39 is 5.82 Å². The van der Waals surface area contributed by atoms with Crippen molar-refractivity contribution >= 4 is 34.9 Å². The van der Waals surface area contributed by atoms with Crippen LogP contribution in [0, 0.1) is 12.7 Å². The maximum absolute atomic E-state index is 13.9. The zero-order valence-electron chi connectivity index (χ0n) is 17.2. The lowest BCUT2D eigenvalue weighted by atomic mass is 10.2. The Labute approximate surface area is 188 Å². The van der Waals surface area contributed by atoms with Crippen LogP contribution in [0.2, 0.25) is 0 Å². The average Bonchev–Trinajstić information content (AvgIpc) is 3.21. The highest BCUT2D eigenvalue weighted by atomic mass is 32.2. The Morgan fingerprint density at radius 2 is 1.88 bits per heavy atom. The highest BCUT2D eigenvalue weighted by Crippen LogP contribution is 2.20. The van der Waals surface area contributed by atoms with Crippen LogP contribution in [0.5, 0.6) is 0 Å². The summed E-state index contributed by atoms with van der Waals surface area (Å²) < 4.78 is 15.6. The molecule has 0 saturated heterocycles. The van der Waals surface area contributed by atoms with Crippen molar-refractivity contribution in [1.82, 2.24) is 19.9 Å². The molecule has 0 bridgehead atoms. The van der Waals surface area contributed by atoms with Gasteiger partial charge in [0.2, 0.25) is 5.91 Å². The van der Waals surface area contributed by atoms with Gasteiger partial charge < -0.3 is 10.6 Å². The van der Waals surface area contributed by atoms with Gasteiger partial charge in [-0.25, -0.2) is 4.39 Å². The number of carbonyl (C=O) groups is 2. The molecule has 0 aliphatic rings. The molecule has 2 amide bonds. The van der Waals surface area contributed by atoms with Crippen molar-refractivity contribution in [1.29, 1.82) is 0 Å². The lowest BCUT2D eigenvalue weighted by Gasteiger charge is -2.07. The largest absolute Gasteiger partial charge is 0.348 e. The number of anilines is 1. The zero-order chi connectivity index (χ0) is 22.5. The topological polar surface area (TPSA) is 88.4 Å². The predicted octanol–water partition coefficient (Wildman–Crippen LogP) is 3.84. The molecule has 2 aromatic carbocycles. The normalized spacial score (nSPS) is 10.8. The fourth-order valence-electron chi connectivity index (χ4n) is 3.02. The number of nitrogens with zero attached hydrogens (tertiary/aromatic N) is 3. The number of fused-ring (bicyclic) bond motifs is 1. The summed E-state index contributed by atoms with van der Waals surface area (Å²) in [5.41, 5.74) is 2.90. The number of hydrogen-bond donors (Lipinski definition) is 2. The number of amides is 2. The number of aromatic nitrogens is 3. The molecule has 0 aliphatic carbocycles. The first kappa shape index (κ1) is 21.5. The Hall–Kier alpha value is -3.72. The molecule has 2 aromatic heterocycles. The van der Waals surface area contributed by atoms with E-state index >= 15 is 0 Å². The Morgan fingerprint density at radius 1 is 1.06 bits per heavy atom. The standard InChI is InChI=1S/C23H20FN5O2S/c1-15-7-9-19(18(24)11-15)26-21(30)14-32-23-28-27-20-10-8-17(13-29(20)23)22(31)25-12-16-5-3-2-4-6-16/h2-11,13H,12,14H2,1H3,(H,25,31)(H,26,30). The van der Waals surface area contributed by atoms with Gasteiger partial charge in [-0.2, -0.15) is 0 Å². The van der Waals surface area contributed by atoms with Crippen LogP contribution in [0.1, 0.15) is 21.5 Å². The van der Waals surface area contributed by atoms with Gasteiger partial charge in [-0.05, 0) is 42.3 Å². The molecule has 0 atom stereocenters. The van der Waals surface area contributed by atoms with E-state index in [1.807, 2.05) is 30.3 Å². The molecule has 0 fully saturated rings. The summed E-state index contributed by atoms with van der Waals surface area (Å²) >= 11 is 1.15. The van der Waals surface area contributed by atoms with Crippen LogP contribution in [-0.4, -0.2) is 32.2 Å². The fraction of sp³-hybridized carbons (Fsp3) is 0.130. The number of thioether (sulfide) groups is 1. The monoisotopic (exact) mass is 449 g/mol. The number of aryl methyl sites for hydroxylation is 1. The van der Waals surface area contributed by atoms with E-state index in [0.29, 0.717) is 22.9 Å². The Morgan fingerprint density at radius 3 is 2.66 bits per heavy atom. The number of hydrogen-bond acceptors (Lipinski definition) is 5. The smallest absolute Gasteiger partial charge is 0.253 e. The van der Waals surface area contributed by atoms with E-state index in [-0.39, 0.29) is 23.3 Å². The van der Waals surface area contributed by atoms with Crippen molar-refractivity contribution in [3.8, 4) is 0 Å². The highest BCUT2D eigenvalue weighted by molar-refractivity contribution is 7.99. The minimum atomic E-state index is -0.484. The van der Waals surface area contributed by atoms with Crippen LogP contribution >= 0.6 is 11.8 Å². The summed E-state index contributed by atoms with van der Waals surface area (Å²) in [6.45, 7) is 2.19. The molecule has 0 radical (unpaired) electrons. The van der Waals surface area contributed by atoms with E-state index in [2.05, 4.69) is 20.8 Å². The predicted molar refractivity (Wildman–Crippen MR) is 121 cm³/mol. The fourth-order valence-corrected chi connectivity index (χ4v) is 3.74. The van der Waals surface area contributed by atoms with Gasteiger partial charge in [0.05, 0.1) is 17.0 Å². The maximum atomic E-state index is 13.9. The minimum absolute atomic E-state index is 0.0124. The van der Waals surface area contributed by atoms with Gasteiger partial charge in [0, 0.05) is 12.7 Å². The minimum Gasteiger partial charge on any atom is -0.348 e. The quantitative estimate of drug-likeness (QED) is 0.419. The number of benzene rings is 2. The van der Waals surface area contributed by atoms with Crippen molar-refractivity contribution in [3.05, 3.63) is 89.4 Å². The molecule has 2 N–H and O–H groups in total. The van der Waals surface area contributed by atoms with E-state index in [1.165, 1.54) is 12.1 Å². The number of nitrogens with one attached hydrogen (secondary N) is 2. The number of pyridine rings is 1. The molecular formula is C23H20FN5O2S. The highest BCUT2D eigenvalue weighted by Gasteiger charge is 2.13. The second-order valence-corrected chi connectivity index (χ2v) is 8.06. The van der Waals surface area contributed by atoms with Crippen LogP contribution in [0.15, 0.2) is 72.0 Å². The number of halogens is 1. The summed E-state index contributed by atoms with van der Waals surface area (Å²) in [5, 5.41) is 14.0. The third kappa shape index (κ3) is 5.12. The molecule has 0 unspecified atom stereocenters. The molecule has 4 aromatic rings. The zero-order valence-corrected chi connectivity index (χ0v) is 18.0. The number of carbonyl (C=O) groups excluding carboxylic acids is 2. The van der Waals surface area contributed by atoms with Crippen LogP contribution in [0.25, 0.3) is 5.65 Å². The lowest BCUT2D eigenvalue weighted by molar-refractivity contribution is -0.113. The summed E-state index contributed by atoms with van der Waals surface area (Å²) in [7, 11) is 0. The molecule has 4 rings (SSSR count). The SMILES string of the molecule is Cc1ccc(NC(=O)CSc2nnc3ccc(C(=O)NCc4ccccc4)cn23)c(F)c1. The average molecular weight is 450 g/mol. The summed E-state index contributed by atoms with van der Waals surface area (Å²) in [4.78, 5) is 24.8. The van der Waals surface area contributed by atoms with Gasteiger partial charge in [-0.3, -0.25) is 14.0 Å². The van der Waals surface area contributed by atoms with E-state index in [1.54, 1.807) is 35.7 Å². The third-order valence-corrected chi connectivity index (χ3v) is 5.60. The molecule has 7 nitrogen and oxygen atoms in total. The van der Waals surface area contributed by atoms with E-state index in [9.17, 15) is 14.0 Å². The van der Waals surface area contributed by atoms with Gasteiger partial charge >= 0.3 is 0 Å². The maximum Gasteiger partial charge on any atom is 0.253 e. The molecule has 32 heavy (non-hydrogen) atoms.